The van der Waals surface area contributed by atoms with E-state index in [1.165, 1.54) is 7.11 Å². The van der Waals surface area contributed by atoms with Crippen molar-refractivity contribution >= 4 is 45.5 Å². The second kappa shape index (κ2) is 9.65. The van der Waals surface area contributed by atoms with E-state index in [9.17, 15) is 4.79 Å². The highest BCUT2D eigenvalue weighted by Crippen LogP contribution is 2.26. The molecule has 4 heterocycles. The van der Waals surface area contributed by atoms with Crippen LogP contribution in [0.3, 0.4) is 0 Å². The molecule has 166 valence electrons. The molecule has 3 aromatic heterocycles. The van der Waals surface area contributed by atoms with Gasteiger partial charge >= 0.3 is 23.1 Å². The molecule has 5 N–H and O–H groups in total. The van der Waals surface area contributed by atoms with Gasteiger partial charge in [0.2, 0.25) is 5.13 Å². The number of carbonyl (C=O) groups excluding carboxylic acids is 1. The normalized spacial score (nSPS) is 11.8. The Morgan fingerprint density at radius 3 is 2.91 bits per heavy atom. The number of methoxy groups -OCH3 is 1. The van der Waals surface area contributed by atoms with E-state index < -0.39 is 5.91 Å². The molecule has 0 fully saturated rings. The first kappa shape index (κ1) is 22.2. The number of anilines is 1. The molecule has 0 radical (unpaired) electrons. The van der Waals surface area contributed by atoms with Crippen LogP contribution in [0.1, 0.15) is 39.2 Å². The summed E-state index contributed by atoms with van der Waals surface area (Å²) in [6.07, 6.45) is 3.42. The summed E-state index contributed by atoms with van der Waals surface area (Å²) in [6, 6.07) is 5.56. The highest BCUT2D eigenvalue weighted by atomic mass is 32.1. The molecule has 12 heteroatoms. The Morgan fingerprint density at radius 1 is 1.32 bits per heavy atom. The minimum Gasteiger partial charge on any atom is -0.484 e. The fraction of sp³-hybridized carbons (Fsp3) is 0.136. The first-order chi connectivity index (χ1) is 16.5. The van der Waals surface area contributed by atoms with Gasteiger partial charge in [0.1, 0.15) is 11.9 Å². The van der Waals surface area contributed by atoms with Crippen molar-refractivity contribution in [2.45, 2.75) is 13.8 Å². The van der Waals surface area contributed by atoms with Crippen molar-refractivity contribution < 1.29 is 14.9 Å². The number of aryl methyl sites for hydroxylation is 1. The smallest absolute Gasteiger partial charge is 0.458 e. The number of aromatic nitrogens is 5. The zero-order chi connectivity index (χ0) is 24.1. The molecule has 3 aromatic rings. The SMILES string of the molecule is COC1=C=[N+]=C(C)C=C1c1c[nH]c(=[N+]=C=[NH2+])cc1C(=O)Nc1nnc(C#Cc2cc(C)[nH]n2)s1. The molecule has 1 amide bonds. The summed E-state index contributed by atoms with van der Waals surface area (Å²) >= 11 is 1.14. The molecule has 0 atom stereocenters. The summed E-state index contributed by atoms with van der Waals surface area (Å²) in [7, 11) is 1.51. The molecule has 0 aliphatic carbocycles. The summed E-state index contributed by atoms with van der Waals surface area (Å²) < 4.78 is 13.4. The fourth-order valence-corrected chi connectivity index (χ4v) is 3.57. The van der Waals surface area contributed by atoms with Crippen molar-refractivity contribution in [1.29, 1.82) is 0 Å². The van der Waals surface area contributed by atoms with Crippen molar-refractivity contribution in [2.75, 3.05) is 12.4 Å². The van der Waals surface area contributed by atoms with Crippen molar-refractivity contribution in [2.24, 2.45) is 0 Å². The molecule has 0 aromatic carbocycles. The van der Waals surface area contributed by atoms with Gasteiger partial charge in [0.05, 0.1) is 24.3 Å². The molecule has 0 saturated heterocycles. The largest absolute Gasteiger partial charge is 0.484 e. The second-order valence-electron chi connectivity index (χ2n) is 6.90. The number of pyridine rings is 1. The molecule has 0 bridgehead atoms. The van der Waals surface area contributed by atoms with Crippen LogP contribution >= 0.6 is 11.3 Å². The number of allylic oxidation sites excluding steroid dienone is 2. The maximum Gasteiger partial charge on any atom is 0.458 e. The lowest BCUT2D eigenvalue weighted by molar-refractivity contribution is -0.103. The number of nitrogens with two attached hydrogens (primary N) is 1. The Kier molecular flexibility index (Phi) is 6.31. The molecule has 0 unspecified atom stereocenters. The highest BCUT2D eigenvalue weighted by molar-refractivity contribution is 7.15. The Labute approximate surface area is 196 Å². The number of H-pyrrole nitrogens is 2. The average Bonchev–Trinajstić information content (AvgIpc) is 3.46. The lowest BCUT2D eigenvalue weighted by atomic mass is 9.98. The van der Waals surface area contributed by atoms with E-state index >= 15 is 0 Å². The predicted octanol–water partition coefficient (Wildman–Crippen LogP) is -1.42. The number of amides is 1. The van der Waals surface area contributed by atoms with E-state index in [1.807, 2.05) is 19.9 Å². The predicted molar refractivity (Wildman–Crippen MR) is 126 cm³/mol. The minimum atomic E-state index is -0.437. The van der Waals surface area contributed by atoms with Crippen LogP contribution < -0.4 is 25.5 Å². The van der Waals surface area contributed by atoms with Gasteiger partial charge in [-0.3, -0.25) is 15.2 Å². The monoisotopic (exact) mass is 472 g/mol. The van der Waals surface area contributed by atoms with Crippen LogP contribution in [-0.2, 0) is 4.74 Å². The maximum atomic E-state index is 13.2. The molecule has 11 nitrogen and oxygen atoms in total. The lowest BCUT2D eigenvalue weighted by Gasteiger charge is -2.09. The van der Waals surface area contributed by atoms with Gasteiger partial charge in [0.25, 0.3) is 11.7 Å². The number of rotatable bonds is 4. The maximum absolute atomic E-state index is 13.2. The van der Waals surface area contributed by atoms with E-state index in [0.717, 1.165) is 17.0 Å². The number of ether oxygens (including phenoxy) is 1. The van der Waals surface area contributed by atoms with Gasteiger partial charge in [0, 0.05) is 24.3 Å². The number of nitrogens with one attached hydrogen (secondary N) is 3. The van der Waals surface area contributed by atoms with E-state index in [-0.39, 0.29) is 5.13 Å². The second-order valence-corrected chi connectivity index (χ2v) is 7.87. The Morgan fingerprint density at radius 2 is 2.18 bits per heavy atom. The van der Waals surface area contributed by atoms with Crippen molar-refractivity contribution in [3.8, 4) is 11.8 Å². The summed E-state index contributed by atoms with van der Waals surface area (Å²) in [5.41, 5.74) is 4.00. The van der Waals surface area contributed by atoms with Crippen LogP contribution in [0.25, 0.3) is 5.57 Å². The third-order valence-electron chi connectivity index (χ3n) is 4.44. The van der Waals surface area contributed by atoms with Gasteiger partial charge in [0.15, 0.2) is 5.01 Å². The van der Waals surface area contributed by atoms with Gasteiger partial charge in [-0.1, -0.05) is 11.3 Å². The van der Waals surface area contributed by atoms with Gasteiger partial charge in [-0.05, 0) is 34.2 Å². The minimum absolute atomic E-state index is 0.283. The number of hydrogen-bond donors (Lipinski definition) is 4. The summed E-state index contributed by atoms with van der Waals surface area (Å²) in [6.45, 7) is 3.70. The van der Waals surface area contributed by atoms with Crippen LogP contribution in [-0.4, -0.2) is 56.0 Å². The van der Waals surface area contributed by atoms with Crippen molar-refractivity contribution in [3.63, 3.8) is 0 Å². The first-order valence-corrected chi connectivity index (χ1v) is 10.6. The average molecular weight is 473 g/mol. The third kappa shape index (κ3) is 4.91. The van der Waals surface area contributed by atoms with E-state index in [4.69, 9.17) is 10.1 Å². The first-order valence-electron chi connectivity index (χ1n) is 9.81. The van der Waals surface area contributed by atoms with E-state index in [1.54, 1.807) is 18.3 Å². The van der Waals surface area contributed by atoms with E-state index in [0.29, 0.717) is 44.4 Å². The Balaban J connectivity index is 1.67. The Hall–Kier alpha value is -4.99. The summed E-state index contributed by atoms with van der Waals surface area (Å²) in [5.74, 6) is 8.55. The molecule has 0 saturated carbocycles. The number of hydrogen-bond acceptors (Lipinski definition) is 6. The molecule has 34 heavy (non-hydrogen) atoms. The summed E-state index contributed by atoms with van der Waals surface area (Å²) in [4.78, 5) is 16.2. The topological polar surface area (TPSA) is 162 Å². The number of carbonyl (C=O) groups is 1. The molecule has 1 aliphatic heterocycles. The zero-order valence-electron chi connectivity index (χ0n) is 18.3. The van der Waals surface area contributed by atoms with Gasteiger partial charge < -0.3 is 4.74 Å². The van der Waals surface area contributed by atoms with Crippen LogP contribution in [0, 0.1) is 18.8 Å². The molecular weight excluding hydrogens is 454 g/mol. The highest BCUT2D eigenvalue weighted by Gasteiger charge is 2.26. The molecule has 0 spiro atoms. The van der Waals surface area contributed by atoms with Gasteiger partial charge in [-0.15, -0.1) is 10.2 Å². The fourth-order valence-electron chi connectivity index (χ4n) is 2.97. The lowest BCUT2D eigenvalue weighted by Crippen LogP contribution is -2.28. The Bertz CT molecular complexity index is 1630. The summed E-state index contributed by atoms with van der Waals surface area (Å²) in [5, 5.41) is 23.7. The molecule has 4 rings (SSSR count). The van der Waals surface area contributed by atoms with Gasteiger partial charge in [-0.2, -0.15) is 10.1 Å². The quantitative estimate of drug-likeness (QED) is 0.208. The van der Waals surface area contributed by atoms with E-state index in [2.05, 4.69) is 63.8 Å². The van der Waals surface area contributed by atoms with Crippen molar-refractivity contribution in [1.82, 2.24) is 34.7 Å². The van der Waals surface area contributed by atoms with Crippen LogP contribution in [0.5, 0.6) is 0 Å². The van der Waals surface area contributed by atoms with Crippen molar-refractivity contribution in [3.05, 3.63) is 63.2 Å². The number of nitrogens with zero attached hydrogens (tertiary/aromatic N) is 5. The molecule has 1 aliphatic rings. The van der Waals surface area contributed by atoms with Crippen LogP contribution in [0.2, 0.25) is 0 Å². The van der Waals surface area contributed by atoms with Crippen LogP contribution in [0.15, 0.2) is 30.2 Å². The standard InChI is InChI=1S/C22H15N9O2S/c1-12-7-15(18(33-3)10-24-12)17-9-25-19(26-11-23)8-16(17)21(32)27-22-31-30-20(34-22)5-4-14-6-13(2)28-29-14/h6-9,23,32H,1-3H3/p+3. The number of aromatic amines is 2. The molecular formula is C22H18N9O2S+3. The van der Waals surface area contributed by atoms with Gasteiger partial charge in [-0.25, -0.2) is 5.41 Å². The zero-order valence-corrected chi connectivity index (χ0v) is 19.2. The third-order valence-corrected chi connectivity index (χ3v) is 5.19. The van der Waals surface area contributed by atoms with Crippen LogP contribution in [0.4, 0.5) is 5.13 Å².